The lowest BCUT2D eigenvalue weighted by atomic mass is 10.0. The number of rotatable bonds is 3. The van der Waals surface area contributed by atoms with Gasteiger partial charge in [-0.1, -0.05) is 24.6 Å². The van der Waals surface area contributed by atoms with Crippen molar-refractivity contribution in [3.05, 3.63) is 34.3 Å². The first-order valence-electron chi connectivity index (χ1n) is 6.19. The van der Waals surface area contributed by atoms with Gasteiger partial charge in [-0.05, 0) is 36.6 Å². The summed E-state index contributed by atoms with van der Waals surface area (Å²) >= 11 is 6.17. The van der Waals surface area contributed by atoms with Crippen LogP contribution in [0.15, 0.2) is 18.2 Å². The molecule has 1 aromatic rings. The predicted molar refractivity (Wildman–Crippen MR) is 71.2 cm³/mol. The zero-order chi connectivity index (χ0) is 13.1. The number of aliphatic hydroxyl groups excluding tert-OH is 1. The number of nitrogens with zero attached hydrogens (tertiary/aromatic N) is 2. The lowest BCUT2D eigenvalue weighted by Crippen LogP contribution is -2.34. The summed E-state index contributed by atoms with van der Waals surface area (Å²) in [6.45, 7) is 4.08. The van der Waals surface area contributed by atoms with Crippen molar-refractivity contribution in [2.24, 2.45) is 5.92 Å². The fraction of sp³-hybridized carbons (Fsp3) is 0.500. The molecule has 4 heteroatoms. The van der Waals surface area contributed by atoms with Crippen molar-refractivity contribution in [1.29, 1.82) is 5.26 Å². The van der Waals surface area contributed by atoms with Crippen LogP contribution < -0.4 is 0 Å². The van der Waals surface area contributed by atoms with Gasteiger partial charge in [-0.25, -0.2) is 0 Å². The molecule has 2 atom stereocenters. The van der Waals surface area contributed by atoms with E-state index >= 15 is 0 Å². The SMILES string of the molecule is CC1CCN(Cc2ccc(C#N)cc2Cl)C1CO. The number of likely N-dealkylation sites (tertiary alicyclic amines) is 1. The molecule has 1 aliphatic rings. The predicted octanol–water partition coefficient (Wildman–Crippen LogP) is 2.41. The summed E-state index contributed by atoms with van der Waals surface area (Å²) in [6.07, 6.45) is 1.11. The van der Waals surface area contributed by atoms with E-state index < -0.39 is 0 Å². The second-order valence-electron chi connectivity index (χ2n) is 4.90. The van der Waals surface area contributed by atoms with E-state index in [0.717, 1.165) is 25.1 Å². The van der Waals surface area contributed by atoms with Gasteiger partial charge in [0.25, 0.3) is 0 Å². The average Bonchev–Trinajstić information content (AvgIpc) is 2.72. The van der Waals surface area contributed by atoms with Crippen LogP contribution in [0.4, 0.5) is 0 Å². The first-order chi connectivity index (χ1) is 8.65. The highest BCUT2D eigenvalue weighted by molar-refractivity contribution is 6.31. The van der Waals surface area contributed by atoms with Gasteiger partial charge in [-0.3, -0.25) is 4.90 Å². The van der Waals surface area contributed by atoms with Crippen LogP contribution >= 0.6 is 11.6 Å². The highest BCUT2D eigenvalue weighted by Crippen LogP contribution is 2.27. The average molecular weight is 265 g/mol. The summed E-state index contributed by atoms with van der Waals surface area (Å²) in [4.78, 5) is 2.26. The summed E-state index contributed by atoms with van der Waals surface area (Å²) in [7, 11) is 0. The van der Waals surface area contributed by atoms with Gasteiger partial charge in [0, 0.05) is 17.6 Å². The van der Waals surface area contributed by atoms with Crippen molar-refractivity contribution in [3.8, 4) is 6.07 Å². The molecule has 0 saturated carbocycles. The Kier molecular flexibility index (Phi) is 4.23. The van der Waals surface area contributed by atoms with E-state index in [1.165, 1.54) is 0 Å². The Morgan fingerprint density at radius 3 is 2.94 bits per heavy atom. The molecule has 18 heavy (non-hydrogen) atoms. The minimum Gasteiger partial charge on any atom is -0.395 e. The minimum absolute atomic E-state index is 0.190. The van der Waals surface area contributed by atoms with E-state index in [1.807, 2.05) is 6.07 Å². The van der Waals surface area contributed by atoms with Crippen LogP contribution in [-0.4, -0.2) is 29.2 Å². The Morgan fingerprint density at radius 1 is 1.56 bits per heavy atom. The van der Waals surface area contributed by atoms with Crippen molar-refractivity contribution in [1.82, 2.24) is 4.90 Å². The van der Waals surface area contributed by atoms with E-state index in [0.29, 0.717) is 16.5 Å². The van der Waals surface area contributed by atoms with Gasteiger partial charge in [0.2, 0.25) is 0 Å². The van der Waals surface area contributed by atoms with Gasteiger partial charge in [-0.2, -0.15) is 5.26 Å². The zero-order valence-electron chi connectivity index (χ0n) is 10.4. The molecule has 0 radical (unpaired) electrons. The first kappa shape index (κ1) is 13.4. The summed E-state index contributed by atoms with van der Waals surface area (Å²) < 4.78 is 0. The molecule has 0 aromatic heterocycles. The maximum atomic E-state index is 9.42. The molecule has 1 N–H and O–H groups in total. The molecule has 0 amide bonds. The van der Waals surface area contributed by atoms with E-state index in [4.69, 9.17) is 16.9 Å². The zero-order valence-corrected chi connectivity index (χ0v) is 11.2. The Labute approximate surface area is 113 Å². The largest absolute Gasteiger partial charge is 0.395 e. The lowest BCUT2D eigenvalue weighted by molar-refractivity contribution is 0.134. The number of hydrogen-bond donors (Lipinski definition) is 1. The molecule has 2 rings (SSSR count). The Balaban J connectivity index is 2.12. The van der Waals surface area contributed by atoms with Crippen LogP contribution in [0.25, 0.3) is 0 Å². The van der Waals surface area contributed by atoms with E-state index in [9.17, 15) is 5.11 Å². The number of benzene rings is 1. The molecular weight excluding hydrogens is 248 g/mol. The molecular formula is C14H17ClN2O. The molecule has 1 fully saturated rings. The summed E-state index contributed by atoms with van der Waals surface area (Å²) in [6, 6.07) is 7.68. The third-order valence-corrected chi connectivity index (χ3v) is 4.09. The number of aliphatic hydroxyl groups is 1. The molecule has 0 bridgehead atoms. The Hall–Kier alpha value is -1.08. The van der Waals surface area contributed by atoms with Gasteiger partial charge >= 0.3 is 0 Å². The number of hydrogen-bond acceptors (Lipinski definition) is 3. The van der Waals surface area contributed by atoms with Crippen LogP contribution in [0, 0.1) is 17.2 Å². The van der Waals surface area contributed by atoms with Gasteiger partial charge < -0.3 is 5.11 Å². The highest BCUT2D eigenvalue weighted by Gasteiger charge is 2.30. The van der Waals surface area contributed by atoms with E-state index in [2.05, 4.69) is 17.9 Å². The van der Waals surface area contributed by atoms with Crippen molar-refractivity contribution in [3.63, 3.8) is 0 Å². The van der Waals surface area contributed by atoms with Crippen molar-refractivity contribution >= 4 is 11.6 Å². The lowest BCUT2D eigenvalue weighted by Gasteiger charge is -2.25. The third-order valence-electron chi connectivity index (χ3n) is 3.74. The van der Waals surface area contributed by atoms with Crippen LogP contribution in [-0.2, 0) is 6.54 Å². The maximum absolute atomic E-state index is 9.42. The van der Waals surface area contributed by atoms with Crippen LogP contribution in [0.3, 0.4) is 0 Å². The van der Waals surface area contributed by atoms with Crippen LogP contribution in [0.1, 0.15) is 24.5 Å². The highest BCUT2D eigenvalue weighted by atomic mass is 35.5. The fourth-order valence-electron chi connectivity index (χ4n) is 2.54. The second-order valence-corrected chi connectivity index (χ2v) is 5.31. The third kappa shape index (κ3) is 2.67. The summed E-state index contributed by atoms with van der Waals surface area (Å²) in [5.74, 6) is 0.521. The van der Waals surface area contributed by atoms with Gasteiger partial charge in [0.1, 0.15) is 0 Å². The summed E-state index contributed by atoms with van der Waals surface area (Å²) in [5, 5.41) is 18.8. The number of nitriles is 1. The standard InChI is InChI=1S/C14H17ClN2O/c1-10-4-5-17(14(10)9-18)8-12-3-2-11(7-16)6-13(12)15/h2-3,6,10,14,18H,4-5,8-9H2,1H3. The smallest absolute Gasteiger partial charge is 0.0992 e. The second kappa shape index (κ2) is 5.71. The van der Waals surface area contributed by atoms with Crippen molar-refractivity contribution in [2.45, 2.75) is 25.9 Å². The number of halogens is 1. The van der Waals surface area contributed by atoms with E-state index in [-0.39, 0.29) is 12.6 Å². The first-order valence-corrected chi connectivity index (χ1v) is 6.57. The van der Waals surface area contributed by atoms with Crippen molar-refractivity contribution < 1.29 is 5.11 Å². The summed E-state index contributed by atoms with van der Waals surface area (Å²) in [5.41, 5.74) is 1.60. The molecule has 0 spiro atoms. The minimum atomic E-state index is 0.190. The van der Waals surface area contributed by atoms with Crippen molar-refractivity contribution in [2.75, 3.05) is 13.2 Å². The maximum Gasteiger partial charge on any atom is 0.0992 e. The van der Waals surface area contributed by atoms with Gasteiger partial charge in [0.05, 0.1) is 18.2 Å². The molecule has 1 aromatic carbocycles. The molecule has 1 heterocycles. The molecule has 2 unspecified atom stereocenters. The topological polar surface area (TPSA) is 47.3 Å². The Bertz CT molecular complexity index is 469. The molecule has 1 aliphatic heterocycles. The molecule has 1 saturated heterocycles. The van der Waals surface area contributed by atoms with Crippen LogP contribution in [0.2, 0.25) is 5.02 Å². The van der Waals surface area contributed by atoms with Crippen LogP contribution in [0.5, 0.6) is 0 Å². The quantitative estimate of drug-likeness (QED) is 0.912. The van der Waals surface area contributed by atoms with Gasteiger partial charge in [-0.15, -0.1) is 0 Å². The molecule has 0 aliphatic carbocycles. The fourth-order valence-corrected chi connectivity index (χ4v) is 2.78. The van der Waals surface area contributed by atoms with Gasteiger partial charge in [0.15, 0.2) is 0 Å². The molecule has 3 nitrogen and oxygen atoms in total. The molecule has 96 valence electrons. The normalized spacial score (nSPS) is 24.1. The van der Waals surface area contributed by atoms with E-state index in [1.54, 1.807) is 12.1 Å². The monoisotopic (exact) mass is 264 g/mol. The Morgan fingerprint density at radius 2 is 2.33 bits per heavy atom.